The van der Waals surface area contributed by atoms with Crippen molar-refractivity contribution in [2.45, 2.75) is 39.0 Å². The Morgan fingerprint density at radius 2 is 2.33 bits per heavy atom. The van der Waals surface area contributed by atoms with Crippen molar-refractivity contribution in [3.63, 3.8) is 0 Å². The molecule has 7 heteroatoms. The molecule has 2 atom stereocenters. The van der Waals surface area contributed by atoms with Gasteiger partial charge in [-0.3, -0.25) is 9.47 Å². The summed E-state index contributed by atoms with van der Waals surface area (Å²) in [5.74, 6) is -0.470. The van der Waals surface area contributed by atoms with Crippen LogP contribution >= 0.6 is 0 Å². The van der Waals surface area contributed by atoms with Crippen molar-refractivity contribution in [1.29, 1.82) is 0 Å². The van der Waals surface area contributed by atoms with E-state index < -0.39 is 17.7 Å². The fraction of sp³-hybridized carbons (Fsp3) is 0.500. The Hall–Kier alpha value is -2.31. The number of ether oxygens (including phenoxy) is 2. The number of hydrogen-bond donors (Lipinski definition) is 0. The van der Waals surface area contributed by atoms with Crippen LogP contribution in [0.15, 0.2) is 31.1 Å². The highest BCUT2D eigenvalue weighted by Crippen LogP contribution is 2.30. The van der Waals surface area contributed by atoms with Crippen molar-refractivity contribution < 1.29 is 19.1 Å². The van der Waals surface area contributed by atoms with Crippen molar-refractivity contribution in [3.8, 4) is 0 Å². The van der Waals surface area contributed by atoms with E-state index in [1.165, 1.54) is 34.5 Å². The van der Waals surface area contributed by atoms with Gasteiger partial charge in [-0.2, -0.15) is 0 Å². The van der Waals surface area contributed by atoms with E-state index in [1.807, 2.05) is 6.08 Å². The third-order valence-corrected chi connectivity index (χ3v) is 3.37. The van der Waals surface area contributed by atoms with Crippen LogP contribution in [-0.2, 0) is 14.3 Å². The molecule has 7 nitrogen and oxygen atoms in total. The fourth-order valence-corrected chi connectivity index (χ4v) is 2.31. The van der Waals surface area contributed by atoms with E-state index in [9.17, 15) is 9.59 Å². The molecule has 1 aromatic rings. The minimum absolute atomic E-state index is 0.256. The molecular formula is C14H19N3O4. The van der Waals surface area contributed by atoms with Crippen molar-refractivity contribution in [3.05, 3.63) is 31.1 Å². The fourth-order valence-electron chi connectivity index (χ4n) is 2.31. The zero-order valence-electron chi connectivity index (χ0n) is 12.4. The van der Waals surface area contributed by atoms with Gasteiger partial charge < -0.3 is 9.47 Å². The molecule has 0 spiro atoms. The van der Waals surface area contributed by atoms with Gasteiger partial charge in [0.15, 0.2) is 5.72 Å². The summed E-state index contributed by atoms with van der Waals surface area (Å²) in [7, 11) is 0. The molecule has 2 unspecified atom stereocenters. The average molecular weight is 293 g/mol. The van der Waals surface area contributed by atoms with E-state index in [-0.39, 0.29) is 12.6 Å². The van der Waals surface area contributed by atoms with E-state index >= 15 is 0 Å². The van der Waals surface area contributed by atoms with Crippen LogP contribution in [-0.4, -0.2) is 44.8 Å². The quantitative estimate of drug-likeness (QED) is 0.791. The molecule has 1 aliphatic heterocycles. The molecule has 2 rings (SSSR count). The molecule has 0 saturated heterocycles. The SMILES string of the molecule is CCOC(=O)C(C)N(C(=O)n1ccnc1)C1(C)CC=CO1. The second-order valence-corrected chi connectivity index (χ2v) is 4.92. The summed E-state index contributed by atoms with van der Waals surface area (Å²) in [6.45, 7) is 5.37. The van der Waals surface area contributed by atoms with Gasteiger partial charge in [-0.05, 0) is 26.8 Å². The molecule has 114 valence electrons. The standard InChI is InChI=1S/C14H19N3O4/c1-4-20-12(18)11(2)17(14(3)6-5-9-21-14)13(19)16-8-7-15-10-16/h5,7-11H,4,6H2,1-3H3. The highest BCUT2D eigenvalue weighted by Gasteiger charge is 2.44. The maximum absolute atomic E-state index is 12.7. The van der Waals surface area contributed by atoms with E-state index in [4.69, 9.17) is 9.47 Å². The molecule has 0 aromatic carbocycles. The first kappa shape index (κ1) is 15.1. The molecule has 21 heavy (non-hydrogen) atoms. The lowest BCUT2D eigenvalue weighted by molar-refractivity contribution is -0.156. The van der Waals surface area contributed by atoms with Crippen LogP contribution in [0.1, 0.15) is 27.2 Å². The summed E-state index contributed by atoms with van der Waals surface area (Å²) < 4.78 is 11.9. The highest BCUT2D eigenvalue weighted by molar-refractivity contribution is 5.85. The van der Waals surface area contributed by atoms with Gasteiger partial charge >= 0.3 is 12.0 Å². The van der Waals surface area contributed by atoms with Crippen LogP contribution < -0.4 is 0 Å². The lowest BCUT2D eigenvalue weighted by atomic mass is 10.1. The zero-order chi connectivity index (χ0) is 15.5. The number of amides is 1. The van der Waals surface area contributed by atoms with Crippen LogP contribution in [0.2, 0.25) is 0 Å². The van der Waals surface area contributed by atoms with Crippen LogP contribution in [0.5, 0.6) is 0 Å². The minimum atomic E-state index is -0.923. The number of esters is 1. The molecule has 1 aliphatic rings. The van der Waals surface area contributed by atoms with Gasteiger partial charge in [0.1, 0.15) is 12.4 Å². The van der Waals surface area contributed by atoms with Crippen molar-refractivity contribution in [2.75, 3.05) is 6.61 Å². The van der Waals surface area contributed by atoms with Crippen molar-refractivity contribution in [1.82, 2.24) is 14.5 Å². The predicted octanol–water partition coefficient (Wildman–Crippen LogP) is 1.76. The van der Waals surface area contributed by atoms with Gasteiger partial charge in [0.2, 0.25) is 0 Å². The summed E-state index contributed by atoms with van der Waals surface area (Å²) in [6, 6.07) is -1.16. The Morgan fingerprint density at radius 1 is 1.57 bits per heavy atom. The Bertz CT molecular complexity index is 530. The van der Waals surface area contributed by atoms with Gasteiger partial charge in [0.25, 0.3) is 0 Å². The molecule has 0 radical (unpaired) electrons. The van der Waals surface area contributed by atoms with Gasteiger partial charge in [0.05, 0.1) is 12.9 Å². The predicted molar refractivity (Wildman–Crippen MR) is 74.2 cm³/mol. The Morgan fingerprint density at radius 3 is 2.86 bits per heavy atom. The first-order chi connectivity index (χ1) is 9.99. The topological polar surface area (TPSA) is 73.7 Å². The number of nitrogens with zero attached hydrogens (tertiary/aromatic N) is 3. The van der Waals surface area contributed by atoms with Crippen LogP contribution in [0.25, 0.3) is 0 Å². The average Bonchev–Trinajstić information content (AvgIpc) is 3.10. The van der Waals surface area contributed by atoms with Crippen LogP contribution in [0, 0.1) is 0 Å². The minimum Gasteiger partial charge on any atom is -0.476 e. The summed E-state index contributed by atoms with van der Waals surface area (Å²) in [5, 5.41) is 0. The zero-order valence-corrected chi connectivity index (χ0v) is 12.4. The van der Waals surface area contributed by atoms with E-state index in [1.54, 1.807) is 20.8 Å². The maximum atomic E-state index is 12.7. The molecule has 0 saturated carbocycles. The molecule has 0 aliphatic carbocycles. The largest absolute Gasteiger partial charge is 0.476 e. The summed E-state index contributed by atoms with van der Waals surface area (Å²) >= 11 is 0. The Kier molecular flexibility index (Phi) is 4.30. The lowest BCUT2D eigenvalue weighted by Gasteiger charge is -2.40. The molecule has 1 aromatic heterocycles. The third-order valence-electron chi connectivity index (χ3n) is 3.37. The number of carbonyl (C=O) groups excluding carboxylic acids is 2. The summed E-state index contributed by atoms with van der Waals surface area (Å²) in [6.07, 6.45) is 8.26. The van der Waals surface area contributed by atoms with Crippen molar-refractivity contribution >= 4 is 12.0 Å². The highest BCUT2D eigenvalue weighted by atomic mass is 16.5. The smallest absolute Gasteiger partial charge is 0.333 e. The number of aromatic nitrogens is 2. The molecule has 0 fully saturated rings. The van der Waals surface area contributed by atoms with E-state index in [0.717, 1.165) is 0 Å². The van der Waals surface area contributed by atoms with Crippen LogP contribution in [0.3, 0.4) is 0 Å². The van der Waals surface area contributed by atoms with Crippen molar-refractivity contribution in [2.24, 2.45) is 0 Å². The third kappa shape index (κ3) is 2.91. The molecule has 0 bridgehead atoms. The first-order valence-electron chi connectivity index (χ1n) is 6.80. The molecule has 0 N–H and O–H groups in total. The van der Waals surface area contributed by atoms with Crippen LogP contribution in [0.4, 0.5) is 4.79 Å². The summed E-state index contributed by atoms with van der Waals surface area (Å²) in [4.78, 5) is 30.0. The lowest BCUT2D eigenvalue weighted by Crippen LogP contribution is -2.57. The Labute approximate surface area is 123 Å². The summed E-state index contributed by atoms with van der Waals surface area (Å²) in [5.41, 5.74) is -0.923. The second kappa shape index (κ2) is 5.99. The molecule has 1 amide bonds. The van der Waals surface area contributed by atoms with Gasteiger partial charge in [-0.15, -0.1) is 0 Å². The second-order valence-electron chi connectivity index (χ2n) is 4.92. The first-order valence-corrected chi connectivity index (χ1v) is 6.80. The van der Waals surface area contributed by atoms with E-state index in [0.29, 0.717) is 6.42 Å². The van der Waals surface area contributed by atoms with Gasteiger partial charge in [-0.1, -0.05) is 0 Å². The molecule has 2 heterocycles. The maximum Gasteiger partial charge on any atom is 0.333 e. The number of imidazole rings is 1. The van der Waals surface area contributed by atoms with E-state index in [2.05, 4.69) is 4.98 Å². The monoisotopic (exact) mass is 293 g/mol. The normalized spacial score (nSPS) is 21.7. The number of carbonyl (C=O) groups is 2. The molecular weight excluding hydrogens is 274 g/mol. The van der Waals surface area contributed by atoms with Gasteiger partial charge in [0, 0.05) is 18.8 Å². The number of hydrogen-bond acceptors (Lipinski definition) is 5. The number of rotatable bonds is 4. The Balaban J connectivity index is 2.30. The van der Waals surface area contributed by atoms with Gasteiger partial charge in [-0.25, -0.2) is 14.6 Å².